The molecule has 2 aromatic carbocycles. The normalized spacial score (nSPS) is 11.0. The number of aldehydes is 1. The zero-order valence-corrected chi connectivity index (χ0v) is 16.9. The van der Waals surface area contributed by atoms with E-state index < -0.39 is 6.03 Å². The number of benzene rings is 2. The molecule has 0 fully saturated rings. The highest BCUT2D eigenvalue weighted by atomic mass is 32.2. The summed E-state index contributed by atoms with van der Waals surface area (Å²) in [7, 11) is 0. The number of hydrogen-bond acceptors (Lipinski definition) is 5. The molecule has 6 nitrogen and oxygen atoms in total. The quantitative estimate of drug-likeness (QED) is 0.222. The first-order valence-electron chi connectivity index (χ1n) is 9.02. The molecule has 2 aromatic rings. The van der Waals surface area contributed by atoms with Crippen LogP contribution in [0.5, 0.6) is 0 Å². The number of anilines is 1. The van der Waals surface area contributed by atoms with Gasteiger partial charge in [0.1, 0.15) is 12.1 Å². The van der Waals surface area contributed by atoms with Crippen LogP contribution in [0.3, 0.4) is 0 Å². The van der Waals surface area contributed by atoms with Gasteiger partial charge in [-0.25, -0.2) is 9.18 Å². The van der Waals surface area contributed by atoms with Crippen molar-refractivity contribution in [3.8, 4) is 0 Å². The minimum atomic E-state index is -0.425. The molecule has 0 aliphatic rings. The number of amides is 2. The van der Waals surface area contributed by atoms with Crippen molar-refractivity contribution >= 4 is 39.8 Å². The van der Waals surface area contributed by atoms with Crippen LogP contribution in [0.1, 0.15) is 35.7 Å². The van der Waals surface area contributed by atoms with Crippen molar-refractivity contribution in [2.24, 2.45) is 10.9 Å². The van der Waals surface area contributed by atoms with E-state index in [9.17, 15) is 14.0 Å². The van der Waals surface area contributed by atoms with Crippen LogP contribution in [0, 0.1) is 5.82 Å². The predicted octanol–water partition coefficient (Wildman–Crippen LogP) is 4.91. The largest absolute Gasteiger partial charge is 0.327 e. The fourth-order valence-electron chi connectivity index (χ4n) is 2.39. The van der Waals surface area contributed by atoms with Gasteiger partial charge >= 0.3 is 6.03 Å². The van der Waals surface area contributed by atoms with E-state index in [1.807, 2.05) is 6.92 Å². The molecule has 2 amide bonds. The van der Waals surface area contributed by atoms with Gasteiger partial charge in [0.05, 0.1) is 0 Å². The monoisotopic (exact) mass is 414 g/mol. The Morgan fingerprint density at radius 2 is 1.90 bits per heavy atom. The van der Waals surface area contributed by atoms with Gasteiger partial charge in [-0.05, 0) is 48.0 Å². The van der Waals surface area contributed by atoms with Gasteiger partial charge < -0.3 is 11.2 Å². The van der Waals surface area contributed by atoms with Crippen LogP contribution >= 0.6 is 11.8 Å². The molecule has 29 heavy (non-hydrogen) atoms. The lowest BCUT2D eigenvalue weighted by Gasteiger charge is -2.24. The fourth-order valence-corrected chi connectivity index (χ4v) is 3.20. The first-order chi connectivity index (χ1) is 14.0. The third-order valence-corrected chi connectivity index (χ3v) is 4.99. The summed E-state index contributed by atoms with van der Waals surface area (Å²) in [5, 5.41) is 6.79. The molecule has 0 unspecified atom stereocenters. The Hall–Kier alpha value is -3.13. The zero-order valence-electron chi connectivity index (χ0n) is 16.1. The molecule has 3 N–H and O–H groups in total. The number of rotatable bonds is 7. The van der Waals surface area contributed by atoms with E-state index in [4.69, 9.17) is 5.84 Å². The summed E-state index contributed by atoms with van der Waals surface area (Å²) in [5.74, 6) is 5.19. The molecule has 0 aliphatic carbocycles. The second-order valence-corrected chi connectivity index (χ2v) is 7.18. The molecule has 0 atom stereocenters. The van der Waals surface area contributed by atoms with Crippen molar-refractivity contribution < 1.29 is 14.0 Å². The third-order valence-electron chi connectivity index (χ3n) is 4.00. The van der Waals surface area contributed by atoms with Crippen LogP contribution in [-0.2, 0) is 0 Å². The van der Waals surface area contributed by atoms with E-state index >= 15 is 0 Å². The summed E-state index contributed by atoms with van der Waals surface area (Å²) in [6.45, 7) is 6.44. The highest BCUT2D eigenvalue weighted by Crippen LogP contribution is 2.28. The number of nitrogens with two attached hydrogens (primary N) is 1. The number of unbranched alkanes of at least 4 members (excludes halogenated alkanes) is 1. The minimum Gasteiger partial charge on any atom is -0.321 e. The molecule has 0 saturated carbocycles. The van der Waals surface area contributed by atoms with Crippen LogP contribution in [0.4, 0.5) is 14.9 Å². The molecular weight excluding hydrogens is 391 g/mol. The Balaban J connectivity index is 2.15. The van der Waals surface area contributed by atoms with Gasteiger partial charge in [-0.15, -0.1) is 0 Å². The summed E-state index contributed by atoms with van der Waals surface area (Å²) in [5.41, 5.74) is 1.81. The minimum absolute atomic E-state index is 0.280. The van der Waals surface area contributed by atoms with Crippen molar-refractivity contribution in [3.05, 3.63) is 72.1 Å². The highest BCUT2D eigenvalue weighted by Gasteiger charge is 2.21. The van der Waals surface area contributed by atoms with Gasteiger partial charge in [-0.1, -0.05) is 44.2 Å². The number of nitrogens with zero attached hydrogens (tertiary/aromatic N) is 2. The summed E-state index contributed by atoms with van der Waals surface area (Å²) >= 11 is 1.16. The predicted molar refractivity (Wildman–Crippen MR) is 117 cm³/mol. The van der Waals surface area contributed by atoms with Crippen LogP contribution in [0.25, 0.3) is 4.91 Å². The van der Waals surface area contributed by atoms with Crippen LogP contribution in [0.2, 0.25) is 0 Å². The lowest BCUT2D eigenvalue weighted by Crippen LogP contribution is -2.39. The molecule has 0 bridgehead atoms. The fraction of sp³-hybridized carbons (Fsp3) is 0.190. The second-order valence-electron chi connectivity index (χ2n) is 6.12. The van der Waals surface area contributed by atoms with Gasteiger partial charge in [0.15, 0.2) is 5.17 Å². The standard InChI is InChI=1S/C21H23FN4O2S/c1-3-4-13-26(20(28)24-19-11-9-18(22)10-12-19)21(25-23)29-15(2)17-7-5-16(14-27)6-8-17/h5-12,14H,2-4,13,23H2,1H3,(H,24,28)/b25-21-. The molecule has 0 saturated heterocycles. The number of halogens is 1. The molecular formula is C21H23FN4O2S. The second kappa shape index (κ2) is 11.0. The zero-order chi connectivity index (χ0) is 21.2. The van der Waals surface area contributed by atoms with E-state index in [-0.39, 0.29) is 11.0 Å². The number of nitrogens with one attached hydrogen (secondary N) is 1. The molecule has 0 heterocycles. The number of carbonyl (C=O) groups excluding carboxylic acids is 2. The summed E-state index contributed by atoms with van der Waals surface area (Å²) in [6, 6.07) is 12.0. The van der Waals surface area contributed by atoms with Crippen LogP contribution in [0.15, 0.2) is 60.2 Å². The lowest BCUT2D eigenvalue weighted by molar-refractivity contribution is 0.112. The van der Waals surface area contributed by atoms with Crippen molar-refractivity contribution in [1.82, 2.24) is 4.90 Å². The van der Waals surface area contributed by atoms with Crippen molar-refractivity contribution in [3.63, 3.8) is 0 Å². The number of hydrogen-bond donors (Lipinski definition) is 2. The Morgan fingerprint density at radius 3 is 2.45 bits per heavy atom. The van der Waals surface area contributed by atoms with Crippen molar-refractivity contribution in [2.45, 2.75) is 19.8 Å². The van der Waals surface area contributed by atoms with Crippen LogP contribution < -0.4 is 11.2 Å². The average molecular weight is 415 g/mol. The Bertz CT molecular complexity index is 883. The van der Waals surface area contributed by atoms with Gasteiger partial charge in [0.2, 0.25) is 0 Å². The van der Waals surface area contributed by atoms with Crippen molar-refractivity contribution in [2.75, 3.05) is 11.9 Å². The average Bonchev–Trinajstić information content (AvgIpc) is 2.74. The molecule has 0 spiro atoms. The lowest BCUT2D eigenvalue weighted by atomic mass is 10.1. The van der Waals surface area contributed by atoms with Gasteiger partial charge in [-0.2, -0.15) is 5.10 Å². The van der Waals surface area contributed by atoms with E-state index in [0.29, 0.717) is 22.7 Å². The van der Waals surface area contributed by atoms with Gasteiger partial charge in [0, 0.05) is 22.7 Å². The summed E-state index contributed by atoms with van der Waals surface area (Å²) in [4.78, 5) is 25.7. The third kappa shape index (κ3) is 6.46. The molecule has 8 heteroatoms. The maximum atomic E-state index is 13.1. The first-order valence-corrected chi connectivity index (χ1v) is 9.84. The SMILES string of the molecule is C=C(S/C(=N\N)N(CCCC)C(=O)Nc1ccc(F)cc1)c1ccc(C=O)cc1. The number of carbonyl (C=O) groups is 2. The Morgan fingerprint density at radius 1 is 1.24 bits per heavy atom. The number of hydrazone groups is 1. The Kier molecular flexibility index (Phi) is 8.42. The molecule has 0 aliphatic heterocycles. The Labute approximate surface area is 173 Å². The number of thioether (sulfide) groups is 1. The molecule has 152 valence electrons. The number of amidine groups is 1. The van der Waals surface area contributed by atoms with Gasteiger partial charge in [-0.3, -0.25) is 9.69 Å². The number of urea groups is 1. The van der Waals surface area contributed by atoms with Gasteiger partial charge in [0.25, 0.3) is 0 Å². The maximum Gasteiger partial charge on any atom is 0.327 e. The summed E-state index contributed by atoms with van der Waals surface area (Å²) in [6.07, 6.45) is 2.38. The molecule has 0 aromatic heterocycles. The van der Waals surface area contributed by atoms with E-state index in [2.05, 4.69) is 17.0 Å². The van der Waals surface area contributed by atoms with E-state index in [0.717, 1.165) is 36.5 Å². The molecule has 2 rings (SSSR count). The van der Waals surface area contributed by atoms with Crippen LogP contribution in [-0.4, -0.2) is 28.9 Å². The summed E-state index contributed by atoms with van der Waals surface area (Å²) < 4.78 is 13.1. The highest BCUT2D eigenvalue weighted by molar-refractivity contribution is 8.21. The van der Waals surface area contributed by atoms with E-state index in [1.54, 1.807) is 24.3 Å². The topological polar surface area (TPSA) is 87.8 Å². The van der Waals surface area contributed by atoms with E-state index in [1.165, 1.54) is 29.2 Å². The maximum absolute atomic E-state index is 13.1. The smallest absolute Gasteiger partial charge is 0.321 e. The first kappa shape index (κ1) is 22.2. The molecule has 0 radical (unpaired) electrons. The van der Waals surface area contributed by atoms with Crippen molar-refractivity contribution in [1.29, 1.82) is 0 Å².